The van der Waals surface area contributed by atoms with E-state index in [0.29, 0.717) is 29.2 Å². The van der Waals surface area contributed by atoms with Gasteiger partial charge in [0, 0.05) is 24.4 Å². The minimum atomic E-state index is -3.57. The average Bonchev–Trinajstić information content (AvgIpc) is 2.97. The van der Waals surface area contributed by atoms with Gasteiger partial charge in [0.05, 0.1) is 11.4 Å². The number of aromatic nitrogens is 2. The van der Waals surface area contributed by atoms with Crippen molar-refractivity contribution >= 4 is 21.4 Å². The Morgan fingerprint density at radius 3 is 2.90 bits per heavy atom. The molecule has 7 nitrogen and oxygen atoms in total. The molecule has 0 unspecified atom stereocenters. The lowest BCUT2D eigenvalue weighted by molar-refractivity contribution is 0.387. The number of aryl methyl sites for hydroxylation is 1. The quantitative estimate of drug-likeness (QED) is 0.792. The Bertz CT molecular complexity index is 718. The molecule has 1 saturated carbocycles. The van der Waals surface area contributed by atoms with Gasteiger partial charge in [0.1, 0.15) is 0 Å². The fraction of sp³-hybridized carbons (Fsp3) is 0.500. The molecule has 1 aliphatic rings. The molecule has 0 aromatic carbocycles. The van der Waals surface area contributed by atoms with Crippen molar-refractivity contribution in [3.8, 4) is 0 Å². The van der Waals surface area contributed by atoms with E-state index in [9.17, 15) is 8.42 Å². The van der Waals surface area contributed by atoms with Crippen LogP contribution in [0.3, 0.4) is 0 Å². The number of hydrogen-bond donors (Lipinski definition) is 2. The number of nitrogens with one attached hydrogen (secondary N) is 2. The molecule has 2 heterocycles. The van der Waals surface area contributed by atoms with Gasteiger partial charge < -0.3 is 9.84 Å². The van der Waals surface area contributed by atoms with Crippen LogP contribution in [0.2, 0.25) is 0 Å². The van der Waals surface area contributed by atoms with Crippen LogP contribution in [0.1, 0.15) is 29.4 Å². The summed E-state index contributed by atoms with van der Waals surface area (Å²) in [6, 6.07) is 2.16. The summed E-state index contributed by atoms with van der Waals surface area (Å²) in [5.41, 5.74) is 0. The van der Waals surface area contributed by atoms with Gasteiger partial charge in [-0.2, -0.15) is 4.98 Å². The highest BCUT2D eigenvalue weighted by atomic mass is 32.2. The summed E-state index contributed by atoms with van der Waals surface area (Å²) < 4.78 is 32.0. The molecule has 2 N–H and O–H groups in total. The smallest absolute Gasteiger partial charge is 0.242 e. The lowest BCUT2D eigenvalue weighted by Crippen LogP contribution is -2.25. The molecule has 0 aliphatic heterocycles. The molecule has 9 heteroatoms. The highest BCUT2D eigenvalue weighted by Gasteiger charge is 2.24. The second-order valence-electron chi connectivity index (χ2n) is 4.92. The molecular weight excluding hydrogens is 312 g/mol. The first kappa shape index (κ1) is 14.6. The SMILES string of the molecule is Cc1nc(CNS(=O)(=O)c2ccsc2CNC2CC2)no1. The van der Waals surface area contributed by atoms with Crippen LogP contribution in [0.15, 0.2) is 20.9 Å². The molecule has 0 spiro atoms. The van der Waals surface area contributed by atoms with Gasteiger partial charge in [-0.1, -0.05) is 5.16 Å². The van der Waals surface area contributed by atoms with Crippen molar-refractivity contribution in [2.24, 2.45) is 0 Å². The van der Waals surface area contributed by atoms with Crippen LogP contribution in [0.25, 0.3) is 0 Å². The van der Waals surface area contributed by atoms with Crippen molar-refractivity contribution < 1.29 is 12.9 Å². The molecule has 0 amide bonds. The standard InChI is InChI=1S/C12H16N4O3S2/c1-8-15-12(16-19-8)7-14-21(17,18)11-4-5-20-10(11)6-13-9-2-3-9/h4-5,9,13-14H,2-3,6-7H2,1H3. The topological polar surface area (TPSA) is 97.1 Å². The van der Waals surface area contributed by atoms with E-state index in [2.05, 4.69) is 20.2 Å². The first-order valence-electron chi connectivity index (χ1n) is 6.63. The first-order valence-corrected chi connectivity index (χ1v) is 8.99. The number of rotatable bonds is 7. The fourth-order valence-electron chi connectivity index (χ4n) is 1.87. The van der Waals surface area contributed by atoms with Crippen molar-refractivity contribution in [2.45, 2.75) is 43.8 Å². The fourth-order valence-corrected chi connectivity index (χ4v) is 4.24. The van der Waals surface area contributed by atoms with E-state index >= 15 is 0 Å². The van der Waals surface area contributed by atoms with Gasteiger partial charge in [-0.05, 0) is 24.3 Å². The van der Waals surface area contributed by atoms with Gasteiger partial charge in [0.15, 0.2) is 5.82 Å². The van der Waals surface area contributed by atoms with E-state index in [1.54, 1.807) is 18.4 Å². The Labute approximate surface area is 126 Å². The molecule has 0 saturated heterocycles. The highest BCUT2D eigenvalue weighted by molar-refractivity contribution is 7.89. The van der Waals surface area contributed by atoms with Gasteiger partial charge in [0.2, 0.25) is 15.9 Å². The Balaban J connectivity index is 1.67. The zero-order chi connectivity index (χ0) is 14.9. The number of sulfonamides is 1. The molecule has 0 bridgehead atoms. The predicted molar refractivity (Wildman–Crippen MR) is 77.2 cm³/mol. The van der Waals surface area contributed by atoms with Crippen molar-refractivity contribution in [2.75, 3.05) is 0 Å². The highest BCUT2D eigenvalue weighted by Crippen LogP contribution is 2.24. The lowest BCUT2D eigenvalue weighted by Gasteiger charge is -2.07. The van der Waals surface area contributed by atoms with Crippen LogP contribution in [0.4, 0.5) is 0 Å². The van der Waals surface area contributed by atoms with Gasteiger partial charge in [-0.25, -0.2) is 13.1 Å². The Morgan fingerprint density at radius 2 is 2.24 bits per heavy atom. The maximum atomic E-state index is 12.3. The maximum Gasteiger partial charge on any atom is 0.242 e. The molecule has 0 atom stereocenters. The van der Waals surface area contributed by atoms with Crippen molar-refractivity contribution in [3.05, 3.63) is 28.0 Å². The third kappa shape index (κ3) is 3.67. The van der Waals surface area contributed by atoms with Crippen LogP contribution in [0.5, 0.6) is 0 Å². The van der Waals surface area contributed by atoms with Crippen LogP contribution in [0, 0.1) is 6.92 Å². The normalized spacial score (nSPS) is 15.5. The number of hydrogen-bond acceptors (Lipinski definition) is 7. The van der Waals surface area contributed by atoms with E-state index in [1.807, 2.05) is 0 Å². The second kappa shape index (κ2) is 5.84. The van der Waals surface area contributed by atoms with Gasteiger partial charge in [0.25, 0.3) is 0 Å². The molecule has 2 aromatic rings. The average molecular weight is 328 g/mol. The van der Waals surface area contributed by atoms with Crippen LogP contribution < -0.4 is 10.0 Å². The van der Waals surface area contributed by atoms with E-state index in [-0.39, 0.29) is 6.54 Å². The Kier molecular flexibility index (Phi) is 4.07. The van der Waals surface area contributed by atoms with E-state index in [0.717, 1.165) is 4.88 Å². The number of thiophene rings is 1. The Hall–Kier alpha value is -1.29. The van der Waals surface area contributed by atoms with Crippen LogP contribution in [-0.2, 0) is 23.1 Å². The first-order chi connectivity index (χ1) is 10.0. The zero-order valence-electron chi connectivity index (χ0n) is 11.5. The summed E-state index contributed by atoms with van der Waals surface area (Å²) in [5.74, 6) is 0.734. The molecular formula is C12H16N4O3S2. The monoisotopic (exact) mass is 328 g/mol. The van der Waals surface area contributed by atoms with E-state index in [4.69, 9.17) is 4.52 Å². The molecule has 1 aliphatic carbocycles. The second-order valence-corrected chi connectivity index (χ2v) is 7.65. The van der Waals surface area contributed by atoms with Gasteiger partial charge in [-0.3, -0.25) is 0 Å². The van der Waals surface area contributed by atoms with Crippen molar-refractivity contribution in [1.29, 1.82) is 0 Å². The summed E-state index contributed by atoms with van der Waals surface area (Å²) in [6.07, 6.45) is 2.34. The summed E-state index contributed by atoms with van der Waals surface area (Å²) >= 11 is 1.44. The number of nitrogens with zero attached hydrogens (tertiary/aromatic N) is 2. The Morgan fingerprint density at radius 1 is 1.43 bits per heavy atom. The van der Waals surface area contributed by atoms with Crippen LogP contribution >= 0.6 is 11.3 Å². The molecule has 0 radical (unpaired) electrons. The van der Waals surface area contributed by atoms with E-state index < -0.39 is 10.0 Å². The maximum absolute atomic E-state index is 12.3. The molecule has 21 heavy (non-hydrogen) atoms. The van der Waals surface area contributed by atoms with Crippen LogP contribution in [-0.4, -0.2) is 24.6 Å². The van der Waals surface area contributed by atoms with Gasteiger partial charge >= 0.3 is 0 Å². The van der Waals surface area contributed by atoms with Gasteiger partial charge in [-0.15, -0.1) is 11.3 Å². The predicted octanol–water partition coefficient (Wildman–Crippen LogP) is 1.17. The molecule has 114 valence electrons. The lowest BCUT2D eigenvalue weighted by atomic mass is 10.4. The summed E-state index contributed by atoms with van der Waals surface area (Å²) in [4.78, 5) is 5.11. The third-order valence-electron chi connectivity index (χ3n) is 3.11. The molecule has 1 fully saturated rings. The third-order valence-corrected chi connectivity index (χ3v) is 5.65. The minimum Gasteiger partial charge on any atom is -0.340 e. The zero-order valence-corrected chi connectivity index (χ0v) is 13.1. The molecule has 3 rings (SSSR count). The van der Waals surface area contributed by atoms with Crippen molar-refractivity contribution in [1.82, 2.24) is 20.2 Å². The van der Waals surface area contributed by atoms with E-state index in [1.165, 1.54) is 24.2 Å². The summed E-state index contributed by atoms with van der Waals surface area (Å²) in [5, 5.41) is 8.78. The molecule has 2 aromatic heterocycles. The summed E-state index contributed by atoms with van der Waals surface area (Å²) in [6.45, 7) is 2.26. The summed E-state index contributed by atoms with van der Waals surface area (Å²) in [7, 11) is -3.57. The largest absolute Gasteiger partial charge is 0.340 e. The van der Waals surface area contributed by atoms with Crippen molar-refractivity contribution in [3.63, 3.8) is 0 Å². The minimum absolute atomic E-state index is 0.0189.